The second-order valence-electron chi connectivity index (χ2n) is 6.93. The van der Waals surface area contributed by atoms with Gasteiger partial charge in [-0.15, -0.1) is 0 Å². The van der Waals surface area contributed by atoms with Crippen molar-refractivity contribution in [2.75, 3.05) is 13.2 Å². The second-order valence-corrected chi connectivity index (χ2v) is 6.93. The number of amides is 1. The summed E-state index contributed by atoms with van der Waals surface area (Å²) >= 11 is 0. The number of fused-ring (bicyclic) bond motifs is 1. The van der Waals surface area contributed by atoms with E-state index in [1.54, 1.807) is 11.7 Å². The molecule has 3 heterocycles. The Bertz CT molecular complexity index is 850. The van der Waals surface area contributed by atoms with Crippen LogP contribution in [0.25, 0.3) is 11.0 Å². The van der Waals surface area contributed by atoms with E-state index < -0.39 is 0 Å². The zero-order valence-electron chi connectivity index (χ0n) is 15.1. The summed E-state index contributed by atoms with van der Waals surface area (Å²) in [6.07, 6.45) is 3.91. The zero-order chi connectivity index (χ0) is 18.1. The van der Waals surface area contributed by atoms with Gasteiger partial charge >= 0.3 is 0 Å². The normalized spacial score (nSPS) is 18.1. The molecule has 7 nitrogen and oxygen atoms in total. The first-order valence-electron chi connectivity index (χ1n) is 8.89. The Morgan fingerprint density at radius 3 is 2.84 bits per heavy atom. The predicted molar refractivity (Wildman–Crippen MR) is 95.6 cm³/mol. The largest absolute Gasteiger partial charge is 0.396 e. The lowest BCUT2D eigenvalue weighted by Gasteiger charge is -2.36. The molecule has 136 valence electrons. The summed E-state index contributed by atoms with van der Waals surface area (Å²) in [6.45, 7) is 4.60. The summed E-state index contributed by atoms with van der Waals surface area (Å²) in [5, 5.41) is 12.5. The number of aromatic amines is 1. The Morgan fingerprint density at radius 2 is 2.12 bits per heavy atom. The van der Waals surface area contributed by atoms with Gasteiger partial charge in [0.05, 0.1) is 11.8 Å². The molecule has 1 amide bonds. The van der Waals surface area contributed by atoms with E-state index in [1.165, 1.54) is 0 Å². The van der Waals surface area contributed by atoms with E-state index in [4.69, 9.17) is 0 Å². The molecule has 1 fully saturated rings. The Morgan fingerprint density at radius 1 is 1.36 bits per heavy atom. The number of carbonyl (C=O) groups excluding carboxylic acids is 1. The molecule has 3 rings (SSSR count). The van der Waals surface area contributed by atoms with Gasteiger partial charge in [0.25, 0.3) is 5.56 Å². The van der Waals surface area contributed by atoms with Gasteiger partial charge in [-0.3, -0.25) is 19.4 Å². The maximum atomic E-state index is 12.9. The Labute approximate surface area is 146 Å². The van der Waals surface area contributed by atoms with E-state index in [2.05, 4.69) is 10.1 Å². The first-order valence-corrected chi connectivity index (χ1v) is 8.89. The fourth-order valence-electron chi connectivity index (χ4n) is 3.94. The standard InChI is InChI=1S/C18H26N4O3/c1-11-14(12(2)19-17-16(11)18(25)20-21(17)3)10-15(24)22-8-5-4-6-13(22)7-9-23/h13,23H,4-10H2,1-3H3,(H,20,25). The van der Waals surface area contributed by atoms with Gasteiger partial charge in [0.15, 0.2) is 5.65 Å². The first kappa shape index (κ1) is 17.7. The lowest BCUT2D eigenvalue weighted by atomic mass is 9.97. The van der Waals surface area contributed by atoms with Gasteiger partial charge in [-0.05, 0) is 50.7 Å². The van der Waals surface area contributed by atoms with Crippen LogP contribution in [0.15, 0.2) is 4.79 Å². The molecule has 2 aromatic rings. The van der Waals surface area contributed by atoms with Crippen LogP contribution in [-0.2, 0) is 18.3 Å². The van der Waals surface area contributed by atoms with Gasteiger partial charge < -0.3 is 10.0 Å². The lowest BCUT2D eigenvalue weighted by Crippen LogP contribution is -2.45. The van der Waals surface area contributed by atoms with Crippen LogP contribution in [0.3, 0.4) is 0 Å². The number of hydrogen-bond donors (Lipinski definition) is 2. The van der Waals surface area contributed by atoms with E-state index in [-0.39, 0.29) is 30.5 Å². The molecule has 1 atom stereocenters. The molecule has 0 spiro atoms. The number of pyridine rings is 1. The summed E-state index contributed by atoms with van der Waals surface area (Å²) < 4.78 is 1.62. The van der Waals surface area contributed by atoms with Crippen LogP contribution >= 0.6 is 0 Å². The SMILES string of the molecule is Cc1nc2c(c(C)c1CC(=O)N1CCCCC1CCO)c(=O)[nH]n2C. The Hall–Kier alpha value is -2.15. The molecule has 0 aromatic carbocycles. The van der Waals surface area contributed by atoms with Crippen molar-refractivity contribution in [1.29, 1.82) is 0 Å². The number of aromatic nitrogens is 3. The number of carbonyl (C=O) groups is 1. The van der Waals surface area contributed by atoms with E-state index in [0.717, 1.165) is 42.6 Å². The van der Waals surface area contributed by atoms with Crippen LogP contribution in [0.2, 0.25) is 0 Å². The first-order chi connectivity index (χ1) is 11.9. The van der Waals surface area contributed by atoms with Gasteiger partial charge in [-0.2, -0.15) is 0 Å². The van der Waals surface area contributed by atoms with Gasteiger partial charge in [0, 0.05) is 31.9 Å². The number of nitrogens with zero attached hydrogens (tertiary/aromatic N) is 3. The molecule has 7 heteroatoms. The van der Waals surface area contributed by atoms with Crippen LogP contribution in [-0.4, -0.2) is 49.9 Å². The average Bonchev–Trinajstić information content (AvgIpc) is 2.86. The molecule has 1 aliphatic heterocycles. The predicted octanol–water partition coefficient (Wildman–Crippen LogP) is 1.18. The number of aliphatic hydroxyl groups is 1. The van der Waals surface area contributed by atoms with Crippen molar-refractivity contribution < 1.29 is 9.90 Å². The van der Waals surface area contributed by atoms with Gasteiger partial charge in [0.2, 0.25) is 5.91 Å². The van der Waals surface area contributed by atoms with Gasteiger partial charge in [0.1, 0.15) is 0 Å². The molecular formula is C18H26N4O3. The average molecular weight is 346 g/mol. The van der Waals surface area contributed by atoms with Crippen molar-refractivity contribution in [3.63, 3.8) is 0 Å². The Balaban J connectivity index is 1.93. The van der Waals surface area contributed by atoms with Gasteiger partial charge in [-0.1, -0.05) is 0 Å². The number of nitrogens with one attached hydrogen (secondary N) is 1. The smallest absolute Gasteiger partial charge is 0.273 e. The highest BCUT2D eigenvalue weighted by atomic mass is 16.3. The number of likely N-dealkylation sites (tertiary alicyclic amines) is 1. The maximum Gasteiger partial charge on any atom is 0.273 e. The molecule has 1 unspecified atom stereocenters. The fraction of sp³-hybridized carbons (Fsp3) is 0.611. The summed E-state index contributed by atoms with van der Waals surface area (Å²) in [6, 6.07) is 0.115. The molecule has 0 radical (unpaired) electrons. The van der Waals surface area contributed by atoms with Gasteiger partial charge in [-0.25, -0.2) is 4.98 Å². The quantitative estimate of drug-likeness (QED) is 0.870. The van der Waals surface area contributed by atoms with E-state index in [9.17, 15) is 14.7 Å². The number of H-pyrrole nitrogens is 1. The Kier molecular flexibility index (Phi) is 4.94. The minimum absolute atomic E-state index is 0.0536. The molecule has 0 saturated carbocycles. The van der Waals surface area contributed by atoms with E-state index in [1.807, 2.05) is 18.7 Å². The van der Waals surface area contributed by atoms with Crippen molar-refractivity contribution in [3.05, 3.63) is 27.2 Å². The van der Waals surface area contributed by atoms with E-state index >= 15 is 0 Å². The third-order valence-electron chi connectivity index (χ3n) is 5.31. The minimum Gasteiger partial charge on any atom is -0.396 e. The maximum absolute atomic E-state index is 12.9. The monoisotopic (exact) mass is 346 g/mol. The molecular weight excluding hydrogens is 320 g/mol. The number of aliphatic hydroxyl groups excluding tert-OH is 1. The van der Waals surface area contributed by atoms with Crippen LogP contribution in [0, 0.1) is 13.8 Å². The molecule has 1 saturated heterocycles. The molecule has 0 aliphatic carbocycles. The molecule has 0 bridgehead atoms. The summed E-state index contributed by atoms with van der Waals surface area (Å²) in [4.78, 5) is 31.5. The summed E-state index contributed by atoms with van der Waals surface area (Å²) in [5.41, 5.74) is 2.89. The van der Waals surface area contributed by atoms with Crippen LogP contribution < -0.4 is 5.56 Å². The number of aryl methyl sites for hydroxylation is 3. The number of rotatable bonds is 4. The zero-order valence-corrected chi connectivity index (χ0v) is 15.1. The van der Waals surface area contributed by atoms with E-state index in [0.29, 0.717) is 17.5 Å². The lowest BCUT2D eigenvalue weighted by molar-refractivity contribution is -0.134. The topological polar surface area (TPSA) is 91.2 Å². The molecule has 25 heavy (non-hydrogen) atoms. The van der Waals surface area contributed by atoms with Crippen molar-refractivity contribution in [2.45, 2.75) is 52.0 Å². The minimum atomic E-state index is -0.174. The van der Waals surface area contributed by atoms with Crippen molar-refractivity contribution in [1.82, 2.24) is 19.7 Å². The van der Waals surface area contributed by atoms with Crippen molar-refractivity contribution in [3.8, 4) is 0 Å². The highest BCUT2D eigenvalue weighted by molar-refractivity contribution is 5.85. The summed E-state index contributed by atoms with van der Waals surface area (Å²) in [7, 11) is 1.76. The summed E-state index contributed by atoms with van der Waals surface area (Å²) in [5.74, 6) is 0.0536. The van der Waals surface area contributed by atoms with Crippen molar-refractivity contribution in [2.24, 2.45) is 7.05 Å². The number of piperidine rings is 1. The van der Waals surface area contributed by atoms with Crippen LogP contribution in [0.5, 0.6) is 0 Å². The third-order valence-corrected chi connectivity index (χ3v) is 5.31. The molecule has 2 N–H and O–H groups in total. The third kappa shape index (κ3) is 3.20. The highest BCUT2D eigenvalue weighted by Gasteiger charge is 2.27. The fourth-order valence-corrected chi connectivity index (χ4v) is 3.94. The molecule has 1 aliphatic rings. The van der Waals surface area contributed by atoms with Crippen molar-refractivity contribution >= 4 is 16.9 Å². The second kappa shape index (κ2) is 7.00. The highest BCUT2D eigenvalue weighted by Crippen LogP contribution is 2.24. The molecule has 2 aromatic heterocycles. The van der Waals surface area contributed by atoms with Crippen LogP contribution in [0.4, 0.5) is 0 Å². The number of hydrogen-bond acceptors (Lipinski definition) is 4. The van der Waals surface area contributed by atoms with Crippen LogP contribution in [0.1, 0.15) is 42.5 Å².